The second-order valence-corrected chi connectivity index (χ2v) is 5.75. The van der Waals surface area contributed by atoms with E-state index in [4.69, 9.17) is 4.74 Å². The SMILES string of the molecule is C=C(C)C(=O)Oc1cccc(C(=O)NS(=O)(=O)C(F)(F)F)c1. The van der Waals surface area contributed by atoms with Gasteiger partial charge in [-0.15, -0.1) is 0 Å². The number of alkyl halides is 3. The van der Waals surface area contributed by atoms with Gasteiger partial charge in [-0.25, -0.2) is 9.52 Å². The molecule has 0 radical (unpaired) electrons. The van der Waals surface area contributed by atoms with Gasteiger partial charge in [0, 0.05) is 11.1 Å². The fraction of sp³-hybridized carbons (Fsp3) is 0.167. The molecule has 120 valence electrons. The van der Waals surface area contributed by atoms with Crippen LogP contribution in [0.3, 0.4) is 0 Å². The van der Waals surface area contributed by atoms with E-state index in [-0.39, 0.29) is 11.3 Å². The third-order valence-corrected chi connectivity index (χ3v) is 3.25. The average Bonchev–Trinajstić information content (AvgIpc) is 2.37. The van der Waals surface area contributed by atoms with Crippen molar-refractivity contribution in [2.24, 2.45) is 0 Å². The Bertz CT molecular complexity index is 725. The van der Waals surface area contributed by atoms with Crippen LogP contribution in [-0.2, 0) is 14.8 Å². The Morgan fingerprint density at radius 1 is 1.27 bits per heavy atom. The summed E-state index contributed by atoms with van der Waals surface area (Å²) in [6, 6.07) is 4.44. The van der Waals surface area contributed by atoms with Crippen molar-refractivity contribution in [1.82, 2.24) is 4.72 Å². The molecular formula is C12H10F3NO5S. The fourth-order valence-corrected chi connectivity index (χ4v) is 1.61. The standard InChI is InChI=1S/C12H10F3NO5S/c1-7(2)11(18)21-9-5-3-4-8(6-9)10(17)16-22(19,20)12(13,14)15/h3-6H,1H2,2H3,(H,16,17). The Balaban J connectivity index is 2.97. The van der Waals surface area contributed by atoms with Crippen LogP contribution in [0.2, 0.25) is 0 Å². The average molecular weight is 337 g/mol. The first-order valence-corrected chi connectivity index (χ1v) is 7.03. The number of benzene rings is 1. The molecule has 0 heterocycles. The van der Waals surface area contributed by atoms with Crippen molar-refractivity contribution in [2.45, 2.75) is 12.4 Å². The van der Waals surface area contributed by atoms with Crippen LogP contribution in [0.1, 0.15) is 17.3 Å². The number of hydrogen-bond acceptors (Lipinski definition) is 5. The molecule has 0 spiro atoms. The lowest BCUT2D eigenvalue weighted by atomic mass is 10.2. The first-order chi connectivity index (χ1) is 9.94. The van der Waals surface area contributed by atoms with Crippen molar-refractivity contribution in [3.05, 3.63) is 42.0 Å². The van der Waals surface area contributed by atoms with E-state index < -0.39 is 33.0 Å². The van der Waals surface area contributed by atoms with E-state index >= 15 is 0 Å². The van der Waals surface area contributed by atoms with Crippen LogP contribution >= 0.6 is 0 Å². The van der Waals surface area contributed by atoms with Crippen LogP contribution in [0.5, 0.6) is 5.75 Å². The second-order valence-electron chi connectivity index (χ2n) is 4.08. The molecule has 0 bridgehead atoms. The van der Waals surface area contributed by atoms with Gasteiger partial charge in [0.05, 0.1) is 0 Å². The molecule has 0 aromatic heterocycles. The summed E-state index contributed by atoms with van der Waals surface area (Å²) in [5.41, 5.74) is -5.98. The van der Waals surface area contributed by atoms with Crippen LogP contribution in [0.15, 0.2) is 36.4 Å². The maximum absolute atomic E-state index is 12.2. The molecule has 0 aliphatic rings. The van der Waals surface area contributed by atoms with Crippen LogP contribution in [-0.4, -0.2) is 25.8 Å². The number of ether oxygens (including phenoxy) is 1. The van der Waals surface area contributed by atoms with Crippen molar-refractivity contribution in [3.63, 3.8) is 0 Å². The highest BCUT2D eigenvalue weighted by Crippen LogP contribution is 2.22. The summed E-state index contributed by atoms with van der Waals surface area (Å²) >= 11 is 0. The summed E-state index contributed by atoms with van der Waals surface area (Å²) in [4.78, 5) is 22.8. The van der Waals surface area contributed by atoms with Gasteiger partial charge in [-0.3, -0.25) is 4.79 Å². The van der Waals surface area contributed by atoms with Crippen molar-refractivity contribution >= 4 is 21.9 Å². The van der Waals surface area contributed by atoms with Crippen LogP contribution in [0, 0.1) is 0 Å². The molecule has 0 saturated heterocycles. The number of carbonyl (C=O) groups excluding carboxylic acids is 2. The number of rotatable bonds is 4. The van der Waals surface area contributed by atoms with Gasteiger partial charge < -0.3 is 4.74 Å². The monoisotopic (exact) mass is 337 g/mol. The quantitative estimate of drug-likeness (QED) is 0.514. The minimum atomic E-state index is -5.82. The summed E-state index contributed by atoms with van der Waals surface area (Å²) < 4.78 is 63.8. The molecule has 1 amide bonds. The van der Waals surface area contributed by atoms with Gasteiger partial charge >= 0.3 is 21.5 Å². The lowest BCUT2D eigenvalue weighted by molar-refractivity contribution is -0.130. The molecule has 0 fully saturated rings. The normalized spacial score (nSPS) is 11.6. The number of carbonyl (C=O) groups is 2. The smallest absolute Gasteiger partial charge is 0.423 e. The molecule has 1 rings (SSSR count). The zero-order valence-corrected chi connectivity index (χ0v) is 11.9. The third-order valence-electron chi connectivity index (χ3n) is 2.19. The van der Waals surface area contributed by atoms with Gasteiger partial charge in [-0.1, -0.05) is 12.6 Å². The van der Waals surface area contributed by atoms with Crippen molar-refractivity contribution in [3.8, 4) is 5.75 Å². The van der Waals surface area contributed by atoms with E-state index in [1.165, 1.54) is 19.1 Å². The molecule has 0 atom stereocenters. The first-order valence-electron chi connectivity index (χ1n) is 5.55. The highest BCUT2D eigenvalue weighted by molar-refractivity contribution is 7.90. The van der Waals surface area contributed by atoms with Crippen LogP contribution in [0.4, 0.5) is 13.2 Å². The molecule has 6 nitrogen and oxygen atoms in total. The van der Waals surface area contributed by atoms with Crippen molar-refractivity contribution < 1.29 is 35.9 Å². The molecule has 10 heteroatoms. The van der Waals surface area contributed by atoms with Gasteiger partial charge in [0.1, 0.15) is 5.75 Å². The van der Waals surface area contributed by atoms with E-state index in [2.05, 4.69) is 6.58 Å². The van der Waals surface area contributed by atoms with Crippen molar-refractivity contribution in [2.75, 3.05) is 0 Å². The summed E-state index contributed by atoms with van der Waals surface area (Å²) in [5, 5.41) is 0. The number of hydrogen-bond donors (Lipinski definition) is 1. The van der Waals surface area contributed by atoms with E-state index in [1.807, 2.05) is 0 Å². The third kappa shape index (κ3) is 4.32. The lowest BCUT2D eigenvalue weighted by Crippen LogP contribution is -2.40. The minimum absolute atomic E-state index is 0.0644. The second kappa shape index (κ2) is 6.18. The summed E-state index contributed by atoms with van der Waals surface area (Å²) in [5.74, 6) is -2.46. The lowest BCUT2D eigenvalue weighted by Gasteiger charge is -2.10. The summed E-state index contributed by atoms with van der Waals surface area (Å²) in [6.07, 6.45) is 0. The number of halogens is 3. The molecule has 0 aliphatic carbocycles. The molecule has 22 heavy (non-hydrogen) atoms. The highest BCUT2D eigenvalue weighted by Gasteiger charge is 2.47. The number of sulfonamides is 1. The number of nitrogens with one attached hydrogen (secondary N) is 1. The maximum atomic E-state index is 12.2. The van der Waals surface area contributed by atoms with Gasteiger partial charge in [-0.2, -0.15) is 21.6 Å². The van der Waals surface area contributed by atoms with Gasteiger partial charge in [0.25, 0.3) is 5.91 Å². The Kier molecular flexibility index (Phi) is 4.97. The predicted molar refractivity (Wildman–Crippen MR) is 69.3 cm³/mol. The van der Waals surface area contributed by atoms with E-state index in [9.17, 15) is 31.2 Å². The molecule has 0 saturated carbocycles. The summed E-state index contributed by atoms with van der Waals surface area (Å²) in [7, 11) is -5.82. The number of amides is 1. The fourth-order valence-electron chi connectivity index (χ4n) is 1.13. The summed E-state index contributed by atoms with van der Waals surface area (Å²) in [6.45, 7) is 4.70. The van der Waals surface area contributed by atoms with Crippen LogP contribution in [0.25, 0.3) is 0 Å². The molecule has 1 aromatic carbocycles. The van der Waals surface area contributed by atoms with E-state index in [0.29, 0.717) is 0 Å². The minimum Gasteiger partial charge on any atom is -0.423 e. The van der Waals surface area contributed by atoms with Gasteiger partial charge in [0.15, 0.2) is 0 Å². The first kappa shape index (κ1) is 17.7. The molecule has 1 N–H and O–H groups in total. The van der Waals surface area contributed by atoms with Crippen molar-refractivity contribution in [1.29, 1.82) is 0 Å². The number of esters is 1. The zero-order valence-electron chi connectivity index (χ0n) is 11.1. The molecular weight excluding hydrogens is 327 g/mol. The Hall–Kier alpha value is -2.36. The topological polar surface area (TPSA) is 89.5 Å². The molecule has 1 aromatic rings. The maximum Gasteiger partial charge on any atom is 0.516 e. The zero-order chi connectivity index (χ0) is 17.1. The largest absolute Gasteiger partial charge is 0.516 e. The predicted octanol–water partition coefficient (Wildman–Crippen LogP) is 1.75. The van der Waals surface area contributed by atoms with Gasteiger partial charge in [0.2, 0.25) is 0 Å². The molecule has 0 aliphatic heterocycles. The van der Waals surface area contributed by atoms with E-state index in [1.54, 1.807) is 0 Å². The van der Waals surface area contributed by atoms with Crippen LogP contribution < -0.4 is 9.46 Å². The Labute approximate surface area is 123 Å². The van der Waals surface area contributed by atoms with Gasteiger partial charge in [-0.05, 0) is 25.1 Å². The molecule has 0 unspecified atom stereocenters. The highest BCUT2D eigenvalue weighted by atomic mass is 32.2. The Morgan fingerprint density at radius 3 is 2.36 bits per heavy atom. The Morgan fingerprint density at radius 2 is 1.86 bits per heavy atom. The van der Waals surface area contributed by atoms with E-state index in [0.717, 1.165) is 16.9 Å².